The number of rotatable bonds is 5. The van der Waals surface area contributed by atoms with Crippen LogP contribution in [0.4, 0.5) is 0 Å². The van der Waals surface area contributed by atoms with Crippen LogP contribution in [0, 0.1) is 0 Å². The molecule has 0 saturated carbocycles. The summed E-state index contributed by atoms with van der Waals surface area (Å²) in [5, 5.41) is 28.2. The number of benzene rings is 1. The molecule has 0 aromatic heterocycles. The van der Waals surface area contributed by atoms with E-state index in [1.165, 1.54) is 0 Å². The lowest BCUT2D eigenvalue weighted by Crippen LogP contribution is -2.21. The van der Waals surface area contributed by atoms with Gasteiger partial charge in [-0.3, -0.25) is 0 Å². The Kier molecular flexibility index (Phi) is 4.71. The second-order valence-corrected chi connectivity index (χ2v) is 3.49. The van der Waals surface area contributed by atoms with Gasteiger partial charge in [-0.05, 0) is 24.1 Å². The maximum atomic E-state index is 9.75. The molecular formula is C11H17NO3. The van der Waals surface area contributed by atoms with Gasteiger partial charge in [0.15, 0.2) is 0 Å². The largest absolute Gasteiger partial charge is 0.392 e. The minimum atomic E-state index is -0.944. The van der Waals surface area contributed by atoms with Crippen molar-refractivity contribution in [3.8, 4) is 0 Å². The molecule has 2 unspecified atom stereocenters. The number of hydrogen-bond donors (Lipinski definition) is 4. The summed E-state index contributed by atoms with van der Waals surface area (Å²) in [6.07, 6.45) is -1.45. The normalized spacial score (nSPS) is 14.9. The lowest BCUT2D eigenvalue weighted by Gasteiger charge is -2.17. The van der Waals surface area contributed by atoms with Crippen LogP contribution in [0.1, 0.15) is 23.7 Å². The maximum absolute atomic E-state index is 9.75. The molecule has 0 aliphatic carbocycles. The Labute approximate surface area is 89.0 Å². The highest BCUT2D eigenvalue weighted by molar-refractivity contribution is 5.25. The SMILES string of the molecule is NCCC(O)C(O)c1cccc(CO)c1. The van der Waals surface area contributed by atoms with E-state index < -0.39 is 12.2 Å². The molecule has 1 aromatic carbocycles. The highest BCUT2D eigenvalue weighted by Gasteiger charge is 2.17. The predicted molar refractivity (Wildman–Crippen MR) is 57.0 cm³/mol. The molecule has 84 valence electrons. The quantitative estimate of drug-likeness (QED) is 0.549. The van der Waals surface area contributed by atoms with E-state index in [0.717, 1.165) is 0 Å². The lowest BCUT2D eigenvalue weighted by atomic mass is 10.0. The summed E-state index contributed by atoms with van der Waals surface area (Å²) in [5.41, 5.74) is 6.60. The molecule has 0 aliphatic rings. The minimum absolute atomic E-state index is 0.0758. The van der Waals surface area contributed by atoms with E-state index in [-0.39, 0.29) is 6.61 Å². The number of hydrogen-bond acceptors (Lipinski definition) is 4. The van der Waals surface area contributed by atoms with Gasteiger partial charge >= 0.3 is 0 Å². The van der Waals surface area contributed by atoms with Gasteiger partial charge in [0.1, 0.15) is 6.10 Å². The van der Waals surface area contributed by atoms with Gasteiger partial charge in [-0.15, -0.1) is 0 Å². The molecule has 0 bridgehead atoms. The Morgan fingerprint density at radius 2 is 2.00 bits per heavy atom. The van der Waals surface area contributed by atoms with Gasteiger partial charge in [0, 0.05) is 0 Å². The van der Waals surface area contributed by atoms with E-state index in [1.54, 1.807) is 24.3 Å². The Morgan fingerprint density at radius 1 is 1.27 bits per heavy atom. The molecule has 2 atom stereocenters. The molecule has 0 radical (unpaired) electrons. The first-order valence-electron chi connectivity index (χ1n) is 4.95. The predicted octanol–water partition coefficient (Wildman–Crippen LogP) is -0.0780. The molecule has 5 N–H and O–H groups in total. The van der Waals surface area contributed by atoms with Crippen molar-refractivity contribution in [1.29, 1.82) is 0 Å². The van der Waals surface area contributed by atoms with E-state index >= 15 is 0 Å². The second-order valence-electron chi connectivity index (χ2n) is 3.49. The summed E-state index contributed by atoms with van der Waals surface area (Å²) >= 11 is 0. The van der Waals surface area contributed by atoms with Crippen molar-refractivity contribution in [3.05, 3.63) is 35.4 Å². The monoisotopic (exact) mass is 211 g/mol. The van der Waals surface area contributed by atoms with Gasteiger partial charge < -0.3 is 21.1 Å². The van der Waals surface area contributed by atoms with Crippen molar-refractivity contribution in [2.75, 3.05) is 6.54 Å². The standard InChI is InChI=1S/C11H17NO3/c12-5-4-10(14)11(15)9-3-1-2-8(6-9)7-13/h1-3,6,10-11,13-15H,4-5,7,12H2. The zero-order valence-corrected chi connectivity index (χ0v) is 8.50. The smallest absolute Gasteiger partial charge is 0.105 e. The second kappa shape index (κ2) is 5.82. The van der Waals surface area contributed by atoms with Crippen molar-refractivity contribution >= 4 is 0 Å². The van der Waals surface area contributed by atoms with E-state index in [0.29, 0.717) is 24.1 Å². The highest BCUT2D eigenvalue weighted by Crippen LogP contribution is 2.19. The fourth-order valence-corrected chi connectivity index (χ4v) is 1.43. The van der Waals surface area contributed by atoms with Gasteiger partial charge in [-0.2, -0.15) is 0 Å². The fraction of sp³-hybridized carbons (Fsp3) is 0.455. The van der Waals surface area contributed by atoms with Crippen molar-refractivity contribution in [3.63, 3.8) is 0 Å². The van der Waals surface area contributed by atoms with Crippen LogP contribution in [-0.4, -0.2) is 28.0 Å². The number of aliphatic hydroxyl groups is 3. The minimum Gasteiger partial charge on any atom is -0.392 e. The van der Waals surface area contributed by atoms with Crippen molar-refractivity contribution in [2.45, 2.75) is 25.2 Å². The lowest BCUT2D eigenvalue weighted by molar-refractivity contribution is 0.0149. The molecule has 0 heterocycles. The third kappa shape index (κ3) is 3.28. The van der Waals surface area contributed by atoms with Gasteiger partial charge in [0.05, 0.1) is 12.7 Å². The number of aliphatic hydroxyl groups excluding tert-OH is 3. The van der Waals surface area contributed by atoms with Crippen molar-refractivity contribution in [2.24, 2.45) is 5.73 Å². The Balaban J connectivity index is 2.76. The molecule has 4 nitrogen and oxygen atoms in total. The Hall–Kier alpha value is -0.940. The summed E-state index contributed by atoms with van der Waals surface area (Å²) in [5.74, 6) is 0. The topological polar surface area (TPSA) is 86.7 Å². The first kappa shape index (κ1) is 12.1. The van der Waals surface area contributed by atoms with Crippen molar-refractivity contribution < 1.29 is 15.3 Å². The molecule has 0 fully saturated rings. The zero-order chi connectivity index (χ0) is 11.3. The Bertz CT molecular complexity index is 304. The van der Waals surface area contributed by atoms with Crippen LogP contribution < -0.4 is 5.73 Å². The maximum Gasteiger partial charge on any atom is 0.105 e. The van der Waals surface area contributed by atoms with Crippen LogP contribution in [0.5, 0.6) is 0 Å². The average molecular weight is 211 g/mol. The average Bonchev–Trinajstić information content (AvgIpc) is 2.28. The van der Waals surface area contributed by atoms with Crippen LogP contribution >= 0.6 is 0 Å². The van der Waals surface area contributed by atoms with Crippen LogP contribution in [0.2, 0.25) is 0 Å². The number of nitrogens with two attached hydrogens (primary N) is 1. The molecule has 4 heteroatoms. The highest BCUT2D eigenvalue weighted by atomic mass is 16.3. The summed E-state index contributed by atoms with van der Waals surface area (Å²) < 4.78 is 0. The summed E-state index contributed by atoms with van der Waals surface area (Å²) in [7, 11) is 0. The van der Waals surface area contributed by atoms with Gasteiger partial charge in [-0.25, -0.2) is 0 Å². The van der Waals surface area contributed by atoms with E-state index in [9.17, 15) is 10.2 Å². The van der Waals surface area contributed by atoms with Crippen LogP contribution in [-0.2, 0) is 6.61 Å². The van der Waals surface area contributed by atoms with E-state index in [4.69, 9.17) is 10.8 Å². The van der Waals surface area contributed by atoms with Crippen LogP contribution in [0.25, 0.3) is 0 Å². The van der Waals surface area contributed by atoms with Crippen molar-refractivity contribution in [1.82, 2.24) is 0 Å². The first-order chi connectivity index (χ1) is 7.19. The first-order valence-corrected chi connectivity index (χ1v) is 4.95. The molecule has 0 aliphatic heterocycles. The van der Waals surface area contributed by atoms with Crippen LogP contribution in [0.15, 0.2) is 24.3 Å². The van der Waals surface area contributed by atoms with Gasteiger partial charge in [0.25, 0.3) is 0 Å². The van der Waals surface area contributed by atoms with Gasteiger partial charge in [0.2, 0.25) is 0 Å². The van der Waals surface area contributed by atoms with Gasteiger partial charge in [-0.1, -0.05) is 24.3 Å². The summed E-state index contributed by atoms with van der Waals surface area (Å²) in [6, 6.07) is 6.87. The summed E-state index contributed by atoms with van der Waals surface area (Å²) in [4.78, 5) is 0. The molecule has 0 spiro atoms. The molecular weight excluding hydrogens is 194 g/mol. The molecule has 1 rings (SSSR count). The Morgan fingerprint density at radius 3 is 2.60 bits per heavy atom. The molecule has 15 heavy (non-hydrogen) atoms. The molecule has 1 aromatic rings. The molecule has 0 amide bonds. The third-order valence-corrected chi connectivity index (χ3v) is 2.30. The van der Waals surface area contributed by atoms with E-state index in [2.05, 4.69) is 0 Å². The fourth-order valence-electron chi connectivity index (χ4n) is 1.43. The third-order valence-electron chi connectivity index (χ3n) is 2.30. The van der Waals surface area contributed by atoms with Crippen LogP contribution in [0.3, 0.4) is 0 Å². The molecule has 0 saturated heterocycles. The van der Waals surface area contributed by atoms with E-state index in [1.807, 2.05) is 0 Å². The zero-order valence-electron chi connectivity index (χ0n) is 8.50. The summed E-state index contributed by atoms with van der Waals surface area (Å²) in [6.45, 7) is 0.255.